The molecule has 4 rings (SSSR count). The van der Waals surface area contributed by atoms with Gasteiger partial charge in [-0.25, -0.2) is 0 Å². The average molecular weight is 284 g/mol. The van der Waals surface area contributed by atoms with Gasteiger partial charge in [-0.1, -0.05) is 56.5 Å². The van der Waals surface area contributed by atoms with E-state index in [1.54, 1.807) is 0 Å². The highest BCUT2D eigenvalue weighted by molar-refractivity contribution is 5.22. The zero-order valence-corrected chi connectivity index (χ0v) is 13.2. The van der Waals surface area contributed by atoms with Gasteiger partial charge in [0.2, 0.25) is 0 Å². The minimum atomic E-state index is 0.437. The average Bonchev–Trinajstić information content (AvgIpc) is 3.21. The van der Waals surface area contributed by atoms with Gasteiger partial charge in [-0.2, -0.15) is 0 Å². The van der Waals surface area contributed by atoms with Gasteiger partial charge in [-0.3, -0.25) is 4.90 Å². The third kappa shape index (κ3) is 2.53. The summed E-state index contributed by atoms with van der Waals surface area (Å²) < 4.78 is 0. The second kappa shape index (κ2) is 5.40. The highest BCUT2D eigenvalue weighted by Gasteiger charge is 2.49. The smallest absolute Gasteiger partial charge is 0.0476 e. The topological polar surface area (TPSA) is 15.3 Å². The third-order valence-corrected chi connectivity index (χ3v) is 6.14. The van der Waals surface area contributed by atoms with Crippen LogP contribution in [0.25, 0.3) is 0 Å². The molecule has 3 unspecified atom stereocenters. The predicted octanol–water partition coefficient (Wildman–Crippen LogP) is 3.74. The lowest BCUT2D eigenvalue weighted by atomic mass is 9.90. The van der Waals surface area contributed by atoms with E-state index < -0.39 is 0 Å². The molecule has 1 N–H and O–H groups in total. The molecule has 114 valence electrons. The fourth-order valence-corrected chi connectivity index (χ4v) is 4.74. The molecule has 3 aliphatic rings. The lowest BCUT2D eigenvalue weighted by Crippen LogP contribution is -2.60. The maximum atomic E-state index is 3.95. The van der Waals surface area contributed by atoms with Crippen LogP contribution in [0, 0.1) is 5.92 Å². The quantitative estimate of drug-likeness (QED) is 0.909. The fraction of sp³-hybridized carbons (Fsp3) is 0.684. The van der Waals surface area contributed by atoms with Gasteiger partial charge in [-0.15, -0.1) is 0 Å². The molecule has 1 aliphatic heterocycles. The Morgan fingerprint density at radius 3 is 2.62 bits per heavy atom. The molecule has 0 aromatic heterocycles. The van der Waals surface area contributed by atoms with Crippen LogP contribution >= 0.6 is 0 Å². The van der Waals surface area contributed by atoms with Crippen molar-refractivity contribution in [3.63, 3.8) is 0 Å². The second-order valence-corrected chi connectivity index (χ2v) is 7.44. The maximum Gasteiger partial charge on any atom is 0.0476 e. The number of hydrogen-bond donors (Lipinski definition) is 1. The first-order valence-corrected chi connectivity index (χ1v) is 8.87. The molecule has 2 nitrogen and oxygen atoms in total. The van der Waals surface area contributed by atoms with Crippen LogP contribution in [0.5, 0.6) is 0 Å². The van der Waals surface area contributed by atoms with Crippen LogP contribution in [0.1, 0.15) is 57.1 Å². The van der Waals surface area contributed by atoms with Gasteiger partial charge in [0, 0.05) is 30.7 Å². The molecule has 0 amide bonds. The first kappa shape index (κ1) is 13.8. The molecule has 0 bridgehead atoms. The lowest BCUT2D eigenvalue weighted by molar-refractivity contribution is 0.0682. The van der Waals surface area contributed by atoms with E-state index in [2.05, 4.69) is 47.5 Å². The summed E-state index contributed by atoms with van der Waals surface area (Å²) in [6, 6.07) is 12.6. The number of nitrogens with one attached hydrogen (secondary N) is 1. The molecule has 2 saturated carbocycles. The molecule has 3 atom stereocenters. The van der Waals surface area contributed by atoms with E-state index in [1.165, 1.54) is 50.6 Å². The summed E-state index contributed by atoms with van der Waals surface area (Å²) in [6.07, 6.45) is 8.37. The van der Waals surface area contributed by atoms with Crippen molar-refractivity contribution in [3.8, 4) is 0 Å². The Labute approximate surface area is 128 Å². The van der Waals surface area contributed by atoms with Gasteiger partial charge in [0.25, 0.3) is 0 Å². The molecule has 1 saturated heterocycles. The summed E-state index contributed by atoms with van der Waals surface area (Å²) in [5.41, 5.74) is 1.94. The highest BCUT2D eigenvalue weighted by Crippen LogP contribution is 2.46. The van der Waals surface area contributed by atoms with Gasteiger partial charge in [0.15, 0.2) is 0 Å². The molecule has 1 aromatic rings. The van der Waals surface area contributed by atoms with Gasteiger partial charge >= 0.3 is 0 Å². The summed E-state index contributed by atoms with van der Waals surface area (Å²) in [7, 11) is 0. The van der Waals surface area contributed by atoms with Gasteiger partial charge in [0.1, 0.15) is 0 Å². The van der Waals surface area contributed by atoms with Crippen molar-refractivity contribution in [1.82, 2.24) is 10.2 Å². The monoisotopic (exact) mass is 284 g/mol. The van der Waals surface area contributed by atoms with Crippen molar-refractivity contribution in [2.45, 2.75) is 63.1 Å². The van der Waals surface area contributed by atoms with E-state index in [0.717, 1.165) is 18.5 Å². The van der Waals surface area contributed by atoms with E-state index in [1.807, 2.05) is 0 Å². The van der Waals surface area contributed by atoms with Crippen LogP contribution in [-0.4, -0.2) is 29.6 Å². The van der Waals surface area contributed by atoms with Gasteiger partial charge in [0.05, 0.1) is 0 Å². The fourth-order valence-electron chi connectivity index (χ4n) is 4.74. The molecular weight excluding hydrogens is 256 g/mol. The highest BCUT2D eigenvalue weighted by atomic mass is 15.3. The van der Waals surface area contributed by atoms with E-state index in [9.17, 15) is 0 Å². The Morgan fingerprint density at radius 2 is 1.95 bits per heavy atom. The second-order valence-electron chi connectivity index (χ2n) is 7.44. The third-order valence-electron chi connectivity index (χ3n) is 6.14. The van der Waals surface area contributed by atoms with Crippen LogP contribution in [0.4, 0.5) is 0 Å². The Hall–Kier alpha value is -0.860. The summed E-state index contributed by atoms with van der Waals surface area (Å²) in [6.45, 7) is 4.76. The summed E-state index contributed by atoms with van der Waals surface area (Å²) in [5, 5.41) is 3.95. The van der Waals surface area contributed by atoms with Crippen LogP contribution < -0.4 is 5.32 Å². The molecule has 0 radical (unpaired) electrons. The standard InChI is InChI=1S/C19H28N2/c1-2-15-12-17(15)21-14-19(10-6-7-11-19)20-13-18(21)16-8-4-3-5-9-16/h3-5,8-9,15,17-18,20H,2,6-7,10-14H2,1H3. The zero-order valence-electron chi connectivity index (χ0n) is 13.2. The van der Waals surface area contributed by atoms with Crippen LogP contribution in [0.15, 0.2) is 30.3 Å². The van der Waals surface area contributed by atoms with E-state index in [4.69, 9.17) is 0 Å². The molecule has 2 heteroatoms. The van der Waals surface area contributed by atoms with Crippen molar-refractivity contribution in [1.29, 1.82) is 0 Å². The largest absolute Gasteiger partial charge is 0.308 e. The molecule has 1 spiro atoms. The first-order chi connectivity index (χ1) is 10.3. The Balaban J connectivity index is 1.58. The van der Waals surface area contributed by atoms with Gasteiger partial charge in [-0.05, 0) is 30.7 Å². The normalized spacial score (nSPS) is 35.2. The minimum Gasteiger partial charge on any atom is -0.308 e. The van der Waals surface area contributed by atoms with Crippen molar-refractivity contribution in [3.05, 3.63) is 35.9 Å². The van der Waals surface area contributed by atoms with Crippen molar-refractivity contribution < 1.29 is 0 Å². The van der Waals surface area contributed by atoms with E-state index in [-0.39, 0.29) is 0 Å². The molecule has 21 heavy (non-hydrogen) atoms. The number of benzene rings is 1. The summed E-state index contributed by atoms with van der Waals surface area (Å²) >= 11 is 0. The van der Waals surface area contributed by atoms with Crippen molar-refractivity contribution in [2.24, 2.45) is 5.92 Å². The zero-order chi connectivity index (χ0) is 14.3. The van der Waals surface area contributed by atoms with E-state index in [0.29, 0.717) is 11.6 Å². The Bertz CT molecular complexity index is 478. The minimum absolute atomic E-state index is 0.437. The lowest BCUT2D eigenvalue weighted by Gasteiger charge is -2.47. The number of piperazine rings is 1. The van der Waals surface area contributed by atoms with E-state index >= 15 is 0 Å². The molecule has 2 aliphatic carbocycles. The Kier molecular flexibility index (Phi) is 3.55. The predicted molar refractivity (Wildman–Crippen MR) is 87.3 cm³/mol. The maximum absolute atomic E-state index is 3.95. The van der Waals surface area contributed by atoms with Gasteiger partial charge < -0.3 is 5.32 Å². The van der Waals surface area contributed by atoms with Crippen molar-refractivity contribution in [2.75, 3.05) is 13.1 Å². The molecule has 3 fully saturated rings. The number of hydrogen-bond acceptors (Lipinski definition) is 2. The SMILES string of the molecule is CCC1CC1N1CC2(CCCC2)NCC1c1ccccc1. The van der Waals surface area contributed by atoms with Crippen LogP contribution in [0.2, 0.25) is 0 Å². The first-order valence-electron chi connectivity index (χ1n) is 8.87. The summed E-state index contributed by atoms with van der Waals surface area (Å²) in [4.78, 5) is 2.87. The number of rotatable bonds is 3. The molecule has 1 heterocycles. The van der Waals surface area contributed by atoms with Crippen LogP contribution in [-0.2, 0) is 0 Å². The molecular formula is C19H28N2. The number of nitrogens with zero attached hydrogens (tertiary/aromatic N) is 1. The Morgan fingerprint density at radius 1 is 1.19 bits per heavy atom. The molecule has 1 aromatic carbocycles. The summed E-state index contributed by atoms with van der Waals surface area (Å²) in [5.74, 6) is 0.952. The van der Waals surface area contributed by atoms with Crippen molar-refractivity contribution >= 4 is 0 Å². The van der Waals surface area contributed by atoms with Crippen LogP contribution in [0.3, 0.4) is 0 Å².